The van der Waals surface area contributed by atoms with Gasteiger partial charge < -0.3 is 10.0 Å². The third kappa shape index (κ3) is 4.65. The van der Waals surface area contributed by atoms with Gasteiger partial charge in [0.2, 0.25) is 5.91 Å². The minimum atomic E-state index is -0.289. The summed E-state index contributed by atoms with van der Waals surface area (Å²) >= 11 is 0. The minimum absolute atomic E-state index is 0.00938. The maximum atomic E-state index is 13.3. The van der Waals surface area contributed by atoms with E-state index < -0.39 is 0 Å². The van der Waals surface area contributed by atoms with Crippen molar-refractivity contribution in [1.82, 2.24) is 4.90 Å². The van der Waals surface area contributed by atoms with Crippen LogP contribution in [0.25, 0.3) is 0 Å². The number of aliphatic hydroxyl groups is 1. The van der Waals surface area contributed by atoms with Crippen molar-refractivity contribution in [3.63, 3.8) is 0 Å². The SMILES string of the molecule is CC(Cc1cccc(F)c1)C(=O)N(C)C(CCO)c1ccccc1. The number of rotatable bonds is 7. The number of carbonyl (C=O) groups is 1. The molecule has 2 rings (SSSR count). The molecule has 2 unspecified atom stereocenters. The van der Waals surface area contributed by atoms with E-state index >= 15 is 0 Å². The van der Waals surface area contributed by atoms with E-state index in [-0.39, 0.29) is 30.3 Å². The lowest BCUT2D eigenvalue weighted by atomic mass is 9.97. The van der Waals surface area contributed by atoms with Gasteiger partial charge in [0.25, 0.3) is 0 Å². The van der Waals surface area contributed by atoms with Crippen LogP contribution >= 0.6 is 0 Å². The molecule has 3 nitrogen and oxygen atoms in total. The molecule has 2 atom stereocenters. The first kappa shape index (κ1) is 18.1. The fourth-order valence-electron chi connectivity index (χ4n) is 2.99. The van der Waals surface area contributed by atoms with Crippen LogP contribution in [-0.4, -0.2) is 29.6 Å². The van der Waals surface area contributed by atoms with Gasteiger partial charge in [0.1, 0.15) is 5.82 Å². The largest absolute Gasteiger partial charge is 0.396 e. The first-order valence-electron chi connectivity index (χ1n) is 8.20. The monoisotopic (exact) mass is 329 g/mol. The van der Waals surface area contributed by atoms with Crippen molar-refractivity contribution in [2.75, 3.05) is 13.7 Å². The molecule has 0 saturated heterocycles. The zero-order chi connectivity index (χ0) is 17.5. The third-order valence-corrected chi connectivity index (χ3v) is 4.25. The fraction of sp³-hybridized carbons (Fsp3) is 0.350. The highest BCUT2D eigenvalue weighted by Crippen LogP contribution is 2.25. The van der Waals surface area contributed by atoms with Crippen LogP contribution in [0.3, 0.4) is 0 Å². The highest BCUT2D eigenvalue weighted by atomic mass is 19.1. The highest BCUT2D eigenvalue weighted by molar-refractivity contribution is 5.79. The van der Waals surface area contributed by atoms with Crippen LogP contribution in [0.5, 0.6) is 0 Å². The van der Waals surface area contributed by atoms with Crippen molar-refractivity contribution in [3.05, 3.63) is 71.5 Å². The molecule has 0 fully saturated rings. The maximum Gasteiger partial charge on any atom is 0.225 e. The Kier molecular flexibility index (Phi) is 6.50. The van der Waals surface area contributed by atoms with E-state index in [2.05, 4.69) is 0 Å². The third-order valence-electron chi connectivity index (χ3n) is 4.25. The summed E-state index contributed by atoms with van der Waals surface area (Å²) in [6.07, 6.45) is 0.973. The first-order valence-corrected chi connectivity index (χ1v) is 8.20. The second-order valence-electron chi connectivity index (χ2n) is 6.12. The topological polar surface area (TPSA) is 40.5 Å². The standard InChI is InChI=1S/C20H24FNO2/c1-15(13-16-7-6-10-18(21)14-16)20(24)22(2)19(11-12-23)17-8-4-3-5-9-17/h3-10,14-15,19,23H,11-13H2,1-2H3. The van der Waals surface area contributed by atoms with Gasteiger partial charge in [-0.25, -0.2) is 4.39 Å². The van der Waals surface area contributed by atoms with Gasteiger partial charge in [0.15, 0.2) is 0 Å². The van der Waals surface area contributed by atoms with Crippen LogP contribution in [-0.2, 0) is 11.2 Å². The number of hydrogen-bond donors (Lipinski definition) is 1. The average molecular weight is 329 g/mol. The predicted molar refractivity (Wildman–Crippen MR) is 92.9 cm³/mol. The maximum absolute atomic E-state index is 13.3. The first-order chi connectivity index (χ1) is 11.5. The molecule has 128 valence electrons. The van der Waals surface area contributed by atoms with Crippen molar-refractivity contribution in [2.24, 2.45) is 5.92 Å². The summed E-state index contributed by atoms with van der Waals surface area (Å²) in [6, 6.07) is 15.9. The second-order valence-corrected chi connectivity index (χ2v) is 6.12. The normalized spacial score (nSPS) is 13.3. The number of carbonyl (C=O) groups excluding carboxylic acids is 1. The molecular formula is C20H24FNO2. The van der Waals surface area contributed by atoms with Gasteiger partial charge in [-0.15, -0.1) is 0 Å². The van der Waals surface area contributed by atoms with Crippen molar-refractivity contribution < 1.29 is 14.3 Å². The number of halogens is 1. The Balaban J connectivity index is 2.10. The summed E-state index contributed by atoms with van der Waals surface area (Å²) in [5.41, 5.74) is 1.81. The Morgan fingerprint density at radius 1 is 1.17 bits per heavy atom. The lowest BCUT2D eigenvalue weighted by Gasteiger charge is -2.30. The molecule has 0 radical (unpaired) electrons. The average Bonchev–Trinajstić information content (AvgIpc) is 2.59. The van der Waals surface area contributed by atoms with Gasteiger partial charge in [0.05, 0.1) is 6.04 Å². The molecule has 0 spiro atoms. The lowest BCUT2D eigenvalue weighted by molar-refractivity contribution is -0.136. The number of amides is 1. The van der Waals surface area contributed by atoms with Crippen molar-refractivity contribution in [2.45, 2.75) is 25.8 Å². The summed E-state index contributed by atoms with van der Waals surface area (Å²) in [4.78, 5) is 14.5. The fourth-order valence-corrected chi connectivity index (χ4v) is 2.99. The summed E-state index contributed by atoms with van der Waals surface area (Å²) in [5, 5.41) is 9.35. The summed E-state index contributed by atoms with van der Waals surface area (Å²) in [5.74, 6) is -0.564. The number of nitrogens with zero attached hydrogens (tertiary/aromatic N) is 1. The molecule has 0 aliphatic rings. The predicted octanol–water partition coefficient (Wildman–Crippen LogP) is 3.59. The Morgan fingerprint density at radius 3 is 2.50 bits per heavy atom. The zero-order valence-electron chi connectivity index (χ0n) is 14.2. The molecule has 1 amide bonds. The Morgan fingerprint density at radius 2 is 1.88 bits per heavy atom. The van der Waals surface area contributed by atoms with Gasteiger partial charge in [-0.2, -0.15) is 0 Å². The number of aliphatic hydroxyl groups excluding tert-OH is 1. The van der Waals surface area contributed by atoms with E-state index in [0.29, 0.717) is 12.8 Å². The van der Waals surface area contributed by atoms with E-state index in [4.69, 9.17) is 0 Å². The van der Waals surface area contributed by atoms with Gasteiger partial charge in [-0.1, -0.05) is 49.4 Å². The van der Waals surface area contributed by atoms with Crippen LogP contribution in [0.4, 0.5) is 4.39 Å². The summed E-state index contributed by atoms with van der Waals surface area (Å²) in [7, 11) is 1.76. The quantitative estimate of drug-likeness (QED) is 0.843. The van der Waals surface area contributed by atoms with E-state index in [1.807, 2.05) is 43.3 Å². The van der Waals surface area contributed by atoms with E-state index in [0.717, 1.165) is 11.1 Å². The van der Waals surface area contributed by atoms with Crippen molar-refractivity contribution in [1.29, 1.82) is 0 Å². The van der Waals surface area contributed by atoms with Crippen LogP contribution in [0.15, 0.2) is 54.6 Å². The molecule has 0 saturated carbocycles. The summed E-state index contributed by atoms with van der Waals surface area (Å²) in [6.45, 7) is 1.86. The molecule has 2 aromatic rings. The van der Waals surface area contributed by atoms with E-state index in [9.17, 15) is 14.3 Å². The van der Waals surface area contributed by atoms with Crippen LogP contribution < -0.4 is 0 Å². The van der Waals surface area contributed by atoms with Gasteiger partial charge in [0, 0.05) is 19.6 Å². The molecule has 0 aliphatic heterocycles. The highest BCUT2D eigenvalue weighted by Gasteiger charge is 2.25. The lowest BCUT2D eigenvalue weighted by Crippen LogP contribution is -2.36. The zero-order valence-corrected chi connectivity index (χ0v) is 14.2. The Hall–Kier alpha value is -2.20. The van der Waals surface area contributed by atoms with Crippen LogP contribution in [0.1, 0.15) is 30.5 Å². The Bertz CT molecular complexity index is 660. The second kappa shape index (κ2) is 8.60. The molecule has 2 aromatic carbocycles. The smallest absolute Gasteiger partial charge is 0.225 e. The molecule has 1 N–H and O–H groups in total. The molecule has 0 bridgehead atoms. The molecule has 0 aromatic heterocycles. The van der Waals surface area contributed by atoms with E-state index in [1.54, 1.807) is 18.0 Å². The van der Waals surface area contributed by atoms with Crippen molar-refractivity contribution in [3.8, 4) is 0 Å². The van der Waals surface area contributed by atoms with E-state index in [1.165, 1.54) is 12.1 Å². The van der Waals surface area contributed by atoms with Crippen molar-refractivity contribution >= 4 is 5.91 Å². The number of hydrogen-bond acceptors (Lipinski definition) is 2. The van der Waals surface area contributed by atoms with Gasteiger partial charge >= 0.3 is 0 Å². The molecule has 4 heteroatoms. The minimum Gasteiger partial charge on any atom is -0.396 e. The molecule has 0 heterocycles. The molecule has 24 heavy (non-hydrogen) atoms. The Labute approximate surface area is 142 Å². The van der Waals surface area contributed by atoms with Gasteiger partial charge in [-0.3, -0.25) is 4.79 Å². The number of benzene rings is 2. The summed E-state index contributed by atoms with van der Waals surface area (Å²) < 4.78 is 13.3. The van der Waals surface area contributed by atoms with Crippen LogP contribution in [0.2, 0.25) is 0 Å². The molecular weight excluding hydrogens is 305 g/mol. The van der Waals surface area contributed by atoms with Gasteiger partial charge in [-0.05, 0) is 36.1 Å². The van der Waals surface area contributed by atoms with Crippen LogP contribution in [0, 0.1) is 11.7 Å². The molecule has 0 aliphatic carbocycles.